The van der Waals surface area contributed by atoms with Crippen LogP contribution < -0.4 is 9.47 Å². The van der Waals surface area contributed by atoms with Gasteiger partial charge in [-0.05, 0) is 66.3 Å². The summed E-state index contributed by atoms with van der Waals surface area (Å²) < 4.78 is 10.8. The summed E-state index contributed by atoms with van der Waals surface area (Å²) in [7, 11) is 5.38. The van der Waals surface area contributed by atoms with Crippen LogP contribution in [0, 0.1) is 5.92 Å². The van der Waals surface area contributed by atoms with E-state index in [0.29, 0.717) is 11.5 Å². The van der Waals surface area contributed by atoms with E-state index in [4.69, 9.17) is 9.47 Å². The molecule has 0 saturated carbocycles. The maximum absolute atomic E-state index is 13.3. The Morgan fingerprint density at radius 2 is 1.87 bits per heavy atom. The minimum Gasteiger partial charge on any atom is -0.493 e. The predicted octanol–water partition coefficient (Wildman–Crippen LogP) is 4.56. The number of benzene rings is 1. The third kappa shape index (κ3) is 4.37. The van der Waals surface area contributed by atoms with Crippen molar-refractivity contribution in [1.82, 2.24) is 9.80 Å². The standard InChI is InChI=1S/C26H30N2O3/c1-18-5-8-22-9-6-21(19-11-13-27(2)14-12-19)17-28(22)26(29)16-23(18)20-7-10-24(30-3)25(15-20)31-4/h6-11,15-18H,5,12-14H2,1-4H3. The van der Waals surface area contributed by atoms with E-state index >= 15 is 0 Å². The van der Waals surface area contributed by atoms with Crippen LogP contribution in [0.25, 0.3) is 5.57 Å². The molecule has 3 heterocycles. The molecule has 1 aromatic carbocycles. The highest BCUT2D eigenvalue weighted by atomic mass is 16.5. The molecule has 31 heavy (non-hydrogen) atoms. The van der Waals surface area contributed by atoms with Crippen LogP contribution in [0.5, 0.6) is 11.5 Å². The highest BCUT2D eigenvalue weighted by molar-refractivity contribution is 5.98. The molecule has 1 aromatic rings. The van der Waals surface area contributed by atoms with E-state index in [1.54, 1.807) is 25.2 Å². The summed E-state index contributed by atoms with van der Waals surface area (Å²) in [6, 6.07) is 5.83. The minimum atomic E-state index is -0.0297. The van der Waals surface area contributed by atoms with Crippen molar-refractivity contribution in [3.63, 3.8) is 0 Å². The number of ether oxygens (including phenoxy) is 2. The van der Waals surface area contributed by atoms with Crippen molar-refractivity contribution in [3.05, 3.63) is 77.2 Å². The topological polar surface area (TPSA) is 42.0 Å². The van der Waals surface area contributed by atoms with Gasteiger partial charge in [-0.15, -0.1) is 0 Å². The quantitative estimate of drug-likeness (QED) is 0.719. The fourth-order valence-electron chi connectivity index (χ4n) is 4.25. The van der Waals surface area contributed by atoms with Gasteiger partial charge in [-0.25, -0.2) is 0 Å². The zero-order valence-corrected chi connectivity index (χ0v) is 18.7. The number of methoxy groups -OCH3 is 2. The highest BCUT2D eigenvalue weighted by Crippen LogP contribution is 2.36. The molecule has 3 aliphatic rings. The van der Waals surface area contributed by atoms with Crippen LogP contribution in [0.3, 0.4) is 0 Å². The van der Waals surface area contributed by atoms with Crippen LogP contribution in [0.2, 0.25) is 0 Å². The first-order valence-corrected chi connectivity index (χ1v) is 10.8. The van der Waals surface area contributed by atoms with Gasteiger partial charge in [0.1, 0.15) is 0 Å². The van der Waals surface area contributed by atoms with Crippen molar-refractivity contribution in [1.29, 1.82) is 0 Å². The van der Waals surface area contributed by atoms with Gasteiger partial charge in [0.2, 0.25) is 0 Å². The Morgan fingerprint density at radius 3 is 2.58 bits per heavy atom. The summed E-state index contributed by atoms with van der Waals surface area (Å²) in [6.07, 6.45) is 14.2. The largest absolute Gasteiger partial charge is 0.493 e. The van der Waals surface area contributed by atoms with Gasteiger partial charge in [-0.1, -0.05) is 31.2 Å². The van der Waals surface area contributed by atoms with E-state index in [2.05, 4.69) is 43.2 Å². The molecule has 1 amide bonds. The van der Waals surface area contributed by atoms with Crippen molar-refractivity contribution >= 4 is 11.5 Å². The first-order valence-electron chi connectivity index (χ1n) is 10.8. The lowest BCUT2D eigenvalue weighted by Gasteiger charge is -2.29. The number of carbonyl (C=O) groups excluding carboxylic acids is 1. The molecule has 5 heteroatoms. The first kappa shape index (κ1) is 21.2. The van der Waals surface area contributed by atoms with Gasteiger partial charge in [-0.2, -0.15) is 0 Å². The molecule has 1 unspecified atom stereocenters. The molecule has 0 spiro atoms. The second kappa shape index (κ2) is 8.98. The van der Waals surface area contributed by atoms with Gasteiger partial charge in [0.05, 0.1) is 14.2 Å². The van der Waals surface area contributed by atoms with E-state index in [9.17, 15) is 4.79 Å². The highest BCUT2D eigenvalue weighted by Gasteiger charge is 2.24. The minimum absolute atomic E-state index is 0.0297. The lowest BCUT2D eigenvalue weighted by Crippen LogP contribution is -2.28. The van der Waals surface area contributed by atoms with Gasteiger partial charge < -0.3 is 14.4 Å². The number of hydrogen-bond acceptors (Lipinski definition) is 4. The second-order valence-electron chi connectivity index (χ2n) is 8.30. The second-order valence-corrected chi connectivity index (χ2v) is 8.30. The molecule has 162 valence electrons. The third-order valence-electron chi connectivity index (χ3n) is 6.21. The molecule has 3 aliphatic heterocycles. The fourth-order valence-corrected chi connectivity index (χ4v) is 4.25. The van der Waals surface area contributed by atoms with E-state index in [1.807, 2.05) is 24.4 Å². The van der Waals surface area contributed by atoms with Crippen molar-refractivity contribution in [3.8, 4) is 11.5 Å². The summed E-state index contributed by atoms with van der Waals surface area (Å²) >= 11 is 0. The smallest absolute Gasteiger partial charge is 0.255 e. The van der Waals surface area contributed by atoms with E-state index in [0.717, 1.165) is 48.3 Å². The van der Waals surface area contributed by atoms with Crippen molar-refractivity contribution in [2.45, 2.75) is 19.8 Å². The van der Waals surface area contributed by atoms with Crippen LogP contribution in [0.15, 0.2) is 71.6 Å². The molecule has 0 N–H and O–H groups in total. The molecular formula is C26H30N2O3. The molecular weight excluding hydrogens is 388 g/mol. The van der Waals surface area contributed by atoms with Crippen molar-refractivity contribution in [2.75, 3.05) is 34.4 Å². The molecule has 0 aromatic heterocycles. The number of allylic oxidation sites excluding steroid dienone is 5. The third-order valence-corrected chi connectivity index (χ3v) is 6.21. The number of fused-ring (bicyclic) bond motifs is 1. The Labute approximate surface area is 184 Å². The van der Waals surface area contributed by atoms with E-state index < -0.39 is 0 Å². The van der Waals surface area contributed by atoms with Gasteiger partial charge in [0, 0.05) is 31.1 Å². The van der Waals surface area contributed by atoms with Crippen LogP contribution >= 0.6 is 0 Å². The average molecular weight is 419 g/mol. The van der Waals surface area contributed by atoms with Crippen LogP contribution in [-0.2, 0) is 4.79 Å². The van der Waals surface area contributed by atoms with E-state index in [1.165, 1.54) is 5.57 Å². The molecule has 1 atom stereocenters. The zero-order chi connectivity index (χ0) is 22.0. The van der Waals surface area contributed by atoms with Gasteiger partial charge in [0.25, 0.3) is 5.91 Å². The maximum atomic E-state index is 13.3. The molecule has 5 nitrogen and oxygen atoms in total. The monoisotopic (exact) mass is 418 g/mol. The number of likely N-dealkylation sites (N-methyl/N-ethyl adjacent to an activating group) is 1. The lowest BCUT2D eigenvalue weighted by atomic mass is 9.88. The van der Waals surface area contributed by atoms with Crippen molar-refractivity contribution < 1.29 is 14.3 Å². The Kier molecular flexibility index (Phi) is 6.14. The summed E-state index contributed by atoms with van der Waals surface area (Å²) in [4.78, 5) is 17.4. The number of carbonyl (C=O) groups is 1. The predicted molar refractivity (Wildman–Crippen MR) is 124 cm³/mol. The summed E-state index contributed by atoms with van der Waals surface area (Å²) in [5.74, 6) is 1.51. The number of rotatable bonds is 4. The number of hydrogen-bond donors (Lipinski definition) is 0. The zero-order valence-electron chi connectivity index (χ0n) is 18.7. The fraction of sp³-hybridized carbons (Fsp3) is 0.346. The Bertz CT molecular complexity index is 1030. The summed E-state index contributed by atoms with van der Waals surface area (Å²) in [6.45, 7) is 4.13. The molecule has 0 bridgehead atoms. The van der Waals surface area contributed by atoms with Crippen LogP contribution in [-0.4, -0.2) is 50.1 Å². The Balaban J connectivity index is 1.67. The Morgan fingerprint density at radius 1 is 1.06 bits per heavy atom. The van der Waals surface area contributed by atoms with Gasteiger partial charge in [0.15, 0.2) is 11.5 Å². The lowest BCUT2D eigenvalue weighted by molar-refractivity contribution is -0.122. The normalized spacial score (nSPS) is 21.9. The molecule has 0 aliphatic carbocycles. The summed E-state index contributed by atoms with van der Waals surface area (Å²) in [5, 5.41) is 0. The molecule has 0 saturated heterocycles. The van der Waals surface area contributed by atoms with Crippen LogP contribution in [0.4, 0.5) is 0 Å². The molecule has 0 fully saturated rings. The Hall–Kier alpha value is -3.05. The average Bonchev–Trinajstić information content (AvgIpc) is 2.80. The number of amides is 1. The number of nitrogens with zero attached hydrogens (tertiary/aromatic N) is 2. The maximum Gasteiger partial charge on any atom is 0.255 e. The van der Waals surface area contributed by atoms with Crippen molar-refractivity contribution in [2.24, 2.45) is 5.92 Å². The molecule has 0 radical (unpaired) electrons. The summed E-state index contributed by atoms with van der Waals surface area (Å²) in [5.41, 5.74) is 5.35. The van der Waals surface area contributed by atoms with E-state index in [-0.39, 0.29) is 11.8 Å². The SMILES string of the molecule is COc1ccc(C2=CC(=O)N3C=C(C4=CCN(C)CC4)C=CC3=CCC2C)cc1OC. The first-order chi connectivity index (χ1) is 15.0. The van der Waals surface area contributed by atoms with Gasteiger partial charge in [-0.3, -0.25) is 9.69 Å². The molecule has 4 rings (SSSR count). The van der Waals surface area contributed by atoms with Crippen LogP contribution in [0.1, 0.15) is 25.3 Å². The van der Waals surface area contributed by atoms with Gasteiger partial charge >= 0.3 is 0 Å².